The molecule has 5 heteroatoms. The maximum Gasteiger partial charge on any atom is 0.201 e. The maximum absolute atomic E-state index is 6.13. The van der Waals surface area contributed by atoms with E-state index < -0.39 is 0 Å². The molecule has 1 aromatic carbocycles. The van der Waals surface area contributed by atoms with Crippen molar-refractivity contribution in [3.8, 4) is 0 Å². The topological polar surface area (TPSA) is 56.7 Å². The van der Waals surface area contributed by atoms with E-state index in [1.807, 2.05) is 13.0 Å². The van der Waals surface area contributed by atoms with Gasteiger partial charge in [-0.1, -0.05) is 6.07 Å². The van der Waals surface area contributed by atoms with Gasteiger partial charge in [0, 0.05) is 0 Å². The van der Waals surface area contributed by atoms with Crippen LogP contribution in [0.1, 0.15) is 34.1 Å². The van der Waals surface area contributed by atoms with Crippen LogP contribution < -0.4 is 5.73 Å². The van der Waals surface area contributed by atoms with Crippen molar-refractivity contribution in [2.45, 2.75) is 33.7 Å². The van der Waals surface area contributed by atoms with E-state index in [9.17, 15) is 0 Å². The van der Waals surface area contributed by atoms with Crippen LogP contribution in [-0.4, -0.2) is 14.5 Å². The number of aryl methyl sites for hydroxylation is 3. The molecule has 0 fully saturated rings. The Morgan fingerprint density at radius 2 is 1.95 bits per heavy atom. The summed E-state index contributed by atoms with van der Waals surface area (Å²) in [6, 6.07) is 6.37. The molecule has 3 aromatic rings. The van der Waals surface area contributed by atoms with Crippen molar-refractivity contribution < 1.29 is 0 Å². The molecule has 3 rings (SSSR count). The SMILES string of the molecule is Cc1ccc2nc(N)n(C(C)c3sc(C)nc3C)c2c1. The largest absolute Gasteiger partial charge is 0.369 e. The van der Waals surface area contributed by atoms with E-state index in [1.165, 1.54) is 10.4 Å². The number of fused-ring (bicyclic) bond motifs is 1. The van der Waals surface area contributed by atoms with E-state index >= 15 is 0 Å². The highest BCUT2D eigenvalue weighted by Gasteiger charge is 2.19. The van der Waals surface area contributed by atoms with Gasteiger partial charge in [-0.15, -0.1) is 11.3 Å². The highest BCUT2D eigenvalue weighted by molar-refractivity contribution is 7.11. The molecule has 1 atom stereocenters. The number of nitrogens with zero attached hydrogens (tertiary/aromatic N) is 3. The summed E-state index contributed by atoms with van der Waals surface area (Å²) in [7, 11) is 0. The number of hydrogen-bond donors (Lipinski definition) is 1. The third kappa shape index (κ3) is 1.98. The molecule has 104 valence electrons. The number of nitrogens with two attached hydrogens (primary N) is 1. The summed E-state index contributed by atoms with van der Waals surface area (Å²) in [5.74, 6) is 0.559. The quantitative estimate of drug-likeness (QED) is 0.783. The summed E-state index contributed by atoms with van der Waals surface area (Å²) in [6.45, 7) is 8.32. The van der Waals surface area contributed by atoms with Gasteiger partial charge in [-0.05, 0) is 45.4 Å². The van der Waals surface area contributed by atoms with E-state index in [-0.39, 0.29) is 6.04 Å². The number of thiazole rings is 1. The number of hydrogen-bond acceptors (Lipinski definition) is 4. The summed E-state index contributed by atoms with van der Waals surface area (Å²) in [4.78, 5) is 10.2. The van der Waals surface area contributed by atoms with Crippen molar-refractivity contribution in [2.24, 2.45) is 0 Å². The highest BCUT2D eigenvalue weighted by Crippen LogP contribution is 2.32. The lowest BCUT2D eigenvalue weighted by Gasteiger charge is -2.15. The average molecular weight is 286 g/mol. The van der Waals surface area contributed by atoms with Crippen LogP contribution in [0.15, 0.2) is 18.2 Å². The molecule has 0 radical (unpaired) electrons. The third-order valence-corrected chi connectivity index (χ3v) is 4.82. The van der Waals surface area contributed by atoms with Gasteiger partial charge in [0.2, 0.25) is 5.95 Å². The molecule has 2 aromatic heterocycles. The van der Waals surface area contributed by atoms with Crippen molar-refractivity contribution >= 4 is 28.3 Å². The van der Waals surface area contributed by atoms with Crippen molar-refractivity contribution in [3.05, 3.63) is 39.3 Å². The summed E-state index contributed by atoms with van der Waals surface area (Å²) in [5.41, 5.74) is 10.5. The fourth-order valence-corrected chi connectivity index (χ4v) is 3.65. The molecule has 0 spiro atoms. The molecule has 0 bridgehead atoms. The number of anilines is 1. The number of aromatic nitrogens is 3. The lowest BCUT2D eigenvalue weighted by atomic mass is 10.2. The second kappa shape index (κ2) is 4.59. The third-order valence-electron chi connectivity index (χ3n) is 3.58. The smallest absolute Gasteiger partial charge is 0.201 e. The van der Waals surface area contributed by atoms with Crippen LogP contribution in [0.25, 0.3) is 11.0 Å². The van der Waals surface area contributed by atoms with Crippen LogP contribution in [-0.2, 0) is 0 Å². The lowest BCUT2D eigenvalue weighted by molar-refractivity contribution is 0.674. The van der Waals surface area contributed by atoms with Crippen LogP contribution >= 0.6 is 11.3 Å². The molecule has 0 saturated heterocycles. The molecular weight excluding hydrogens is 268 g/mol. The van der Waals surface area contributed by atoms with Gasteiger partial charge in [-0.2, -0.15) is 0 Å². The zero-order valence-electron chi connectivity index (χ0n) is 12.1. The van der Waals surface area contributed by atoms with Crippen molar-refractivity contribution in [1.82, 2.24) is 14.5 Å². The monoisotopic (exact) mass is 286 g/mol. The van der Waals surface area contributed by atoms with Crippen LogP contribution in [0.3, 0.4) is 0 Å². The molecule has 2 heterocycles. The van der Waals surface area contributed by atoms with Gasteiger partial charge in [-0.3, -0.25) is 0 Å². The van der Waals surface area contributed by atoms with E-state index in [0.29, 0.717) is 5.95 Å². The van der Waals surface area contributed by atoms with Crippen molar-refractivity contribution in [3.63, 3.8) is 0 Å². The molecule has 2 N–H and O–H groups in total. The Bertz CT molecular complexity index is 785. The van der Waals surface area contributed by atoms with Gasteiger partial charge in [0.15, 0.2) is 0 Å². The Labute approximate surface area is 122 Å². The van der Waals surface area contributed by atoms with Crippen LogP contribution in [0.4, 0.5) is 5.95 Å². The van der Waals surface area contributed by atoms with Crippen LogP contribution in [0, 0.1) is 20.8 Å². The molecule has 0 amide bonds. The predicted octanol–water partition coefficient (Wildman–Crippen LogP) is 3.61. The summed E-state index contributed by atoms with van der Waals surface area (Å²) in [6.07, 6.45) is 0. The van der Waals surface area contributed by atoms with E-state index in [0.717, 1.165) is 21.7 Å². The van der Waals surface area contributed by atoms with Crippen LogP contribution in [0.5, 0.6) is 0 Å². The lowest BCUT2D eigenvalue weighted by Crippen LogP contribution is -2.10. The second-order valence-corrected chi connectivity index (χ2v) is 6.43. The summed E-state index contributed by atoms with van der Waals surface area (Å²) in [5, 5.41) is 1.09. The Hall–Kier alpha value is -1.88. The van der Waals surface area contributed by atoms with Gasteiger partial charge >= 0.3 is 0 Å². The Balaban J connectivity index is 2.20. The fraction of sp³-hybridized carbons (Fsp3) is 0.333. The molecule has 4 nitrogen and oxygen atoms in total. The number of benzene rings is 1. The predicted molar refractivity (Wildman–Crippen MR) is 84.3 cm³/mol. The minimum Gasteiger partial charge on any atom is -0.369 e. The van der Waals surface area contributed by atoms with E-state index in [4.69, 9.17) is 5.73 Å². The minimum atomic E-state index is 0.146. The molecule has 1 unspecified atom stereocenters. The standard InChI is InChI=1S/C15H18N4S/c1-8-5-6-12-13(7-8)19(15(16)18-12)10(3)14-9(2)17-11(4)20-14/h5-7,10H,1-4H3,(H2,16,18). The molecule has 20 heavy (non-hydrogen) atoms. The number of imidazole rings is 1. The van der Waals surface area contributed by atoms with Crippen molar-refractivity contribution in [2.75, 3.05) is 5.73 Å². The normalized spacial score (nSPS) is 13.0. The average Bonchev–Trinajstić information content (AvgIpc) is 2.87. The Morgan fingerprint density at radius 1 is 1.20 bits per heavy atom. The number of nitrogen functional groups attached to an aromatic ring is 1. The molecule has 0 saturated carbocycles. The zero-order valence-corrected chi connectivity index (χ0v) is 13.0. The van der Waals surface area contributed by atoms with Crippen LogP contribution in [0.2, 0.25) is 0 Å². The van der Waals surface area contributed by atoms with Gasteiger partial charge in [0.05, 0.1) is 32.7 Å². The van der Waals surface area contributed by atoms with Gasteiger partial charge < -0.3 is 10.3 Å². The van der Waals surface area contributed by atoms with Gasteiger partial charge in [0.1, 0.15) is 0 Å². The zero-order chi connectivity index (χ0) is 14.4. The van der Waals surface area contributed by atoms with Gasteiger partial charge in [0.25, 0.3) is 0 Å². The van der Waals surface area contributed by atoms with Gasteiger partial charge in [-0.25, -0.2) is 9.97 Å². The first-order valence-electron chi connectivity index (χ1n) is 6.65. The maximum atomic E-state index is 6.13. The summed E-state index contributed by atoms with van der Waals surface area (Å²) < 4.78 is 2.10. The Kier molecular flexibility index (Phi) is 3.01. The molecule has 0 aliphatic carbocycles. The fourth-order valence-electron chi connectivity index (χ4n) is 2.68. The highest BCUT2D eigenvalue weighted by atomic mass is 32.1. The minimum absolute atomic E-state index is 0.146. The Morgan fingerprint density at radius 3 is 2.60 bits per heavy atom. The summed E-state index contributed by atoms with van der Waals surface area (Å²) >= 11 is 1.73. The van der Waals surface area contributed by atoms with E-state index in [2.05, 4.69) is 47.4 Å². The first-order chi connectivity index (χ1) is 9.47. The molecule has 0 aliphatic rings. The van der Waals surface area contributed by atoms with Crippen molar-refractivity contribution in [1.29, 1.82) is 0 Å². The second-order valence-electron chi connectivity index (χ2n) is 5.19. The molecule has 0 aliphatic heterocycles. The molecular formula is C15H18N4S. The first-order valence-corrected chi connectivity index (χ1v) is 7.47. The van der Waals surface area contributed by atoms with E-state index in [1.54, 1.807) is 11.3 Å². The number of rotatable bonds is 2. The first kappa shape index (κ1) is 13.1.